The fourth-order valence-corrected chi connectivity index (χ4v) is 4.57. The highest BCUT2D eigenvalue weighted by Gasteiger charge is 2.31. The van der Waals surface area contributed by atoms with Crippen molar-refractivity contribution in [1.82, 2.24) is 24.4 Å². The van der Waals surface area contributed by atoms with Gasteiger partial charge in [0.25, 0.3) is 5.91 Å². The number of nitrogens with zero attached hydrogens (tertiary/aromatic N) is 3. The molecule has 0 spiro atoms. The molecule has 0 bridgehead atoms. The van der Waals surface area contributed by atoms with Gasteiger partial charge in [-0.05, 0) is 39.5 Å². The Kier molecular flexibility index (Phi) is 7.96. The van der Waals surface area contributed by atoms with E-state index in [4.69, 9.17) is 4.52 Å². The summed E-state index contributed by atoms with van der Waals surface area (Å²) in [6.45, 7) is 12.8. The lowest BCUT2D eigenvalue weighted by Crippen LogP contribution is -2.49. The number of amides is 1. The van der Waals surface area contributed by atoms with E-state index in [-0.39, 0.29) is 11.9 Å². The number of carbonyl (C=O) groups excluding carboxylic acids is 1. The molecule has 7 nitrogen and oxygen atoms in total. The second kappa shape index (κ2) is 10.4. The molecule has 1 aromatic rings. The van der Waals surface area contributed by atoms with Gasteiger partial charge in [-0.1, -0.05) is 11.2 Å². The Hall–Kier alpha value is -1.35. The van der Waals surface area contributed by atoms with Crippen LogP contribution in [0, 0.1) is 0 Å². The molecule has 4 rings (SSSR count). The summed E-state index contributed by atoms with van der Waals surface area (Å²) in [6, 6.07) is 2.47. The molecule has 8 heteroatoms. The molecule has 2 N–H and O–H groups in total. The highest BCUT2D eigenvalue weighted by atomic mass is 32.2. The van der Waals surface area contributed by atoms with Gasteiger partial charge >= 0.3 is 0 Å². The fourth-order valence-electron chi connectivity index (χ4n) is 3.49. The molecule has 0 aromatic carbocycles. The van der Waals surface area contributed by atoms with E-state index in [2.05, 4.69) is 37.9 Å². The summed E-state index contributed by atoms with van der Waals surface area (Å²) >= 11 is 1.87. The molecular weight excluding hydrogens is 374 g/mol. The van der Waals surface area contributed by atoms with Crippen molar-refractivity contribution in [2.45, 2.75) is 57.5 Å². The average Bonchev–Trinajstić information content (AvgIpc) is 3.42. The molecular formula is C20H33N5O2S. The van der Waals surface area contributed by atoms with Gasteiger partial charge in [-0.3, -0.25) is 4.79 Å². The number of rotatable bonds is 5. The minimum absolute atomic E-state index is 0.101. The van der Waals surface area contributed by atoms with Crippen molar-refractivity contribution in [3.05, 3.63) is 30.2 Å². The summed E-state index contributed by atoms with van der Waals surface area (Å²) in [4.78, 5) is 12.4. The normalized spacial score (nSPS) is 26.2. The van der Waals surface area contributed by atoms with Crippen LogP contribution in [0.4, 0.5) is 0 Å². The average molecular weight is 408 g/mol. The molecule has 2 atom stereocenters. The zero-order valence-corrected chi connectivity index (χ0v) is 17.8. The van der Waals surface area contributed by atoms with E-state index in [1.165, 1.54) is 0 Å². The standard InChI is InChI=1S/C17H27N5O2S.C3H6/c1-12-10-14(4-7-22(12)25-21-8-5-18-6-9-21)19-17(23)15-11-16(24-20-15)13-2-3-13;1-3-2/h11-14,18H,2-10H2,1H3,(H,19,23);3H,1H2,2H3. The molecule has 1 amide bonds. The van der Waals surface area contributed by atoms with Crippen molar-refractivity contribution in [3.63, 3.8) is 0 Å². The van der Waals surface area contributed by atoms with Gasteiger partial charge in [-0.15, -0.1) is 6.58 Å². The smallest absolute Gasteiger partial charge is 0.273 e. The van der Waals surface area contributed by atoms with E-state index in [9.17, 15) is 4.79 Å². The van der Waals surface area contributed by atoms with E-state index >= 15 is 0 Å². The lowest BCUT2D eigenvalue weighted by Gasteiger charge is -2.40. The lowest BCUT2D eigenvalue weighted by atomic mass is 10.0. The van der Waals surface area contributed by atoms with Crippen LogP contribution in [0.5, 0.6) is 0 Å². The molecule has 0 radical (unpaired) electrons. The number of piperazine rings is 1. The molecule has 3 fully saturated rings. The predicted molar refractivity (Wildman–Crippen MR) is 113 cm³/mol. The van der Waals surface area contributed by atoms with Gasteiger partial charge in [-0.2, -0.15) is 0 Å². The molecule has 1 aromatic heterocycles. The third-order valence-corrected chi connectivity index (χ3v) is 6.54. The third-order valence-electron chi connectivity index (χ3n) is 5.19. The van der Waals surface area contributed by atoms with Crippen molar-refractivity contribution in [2.75, 3.05) is 32.7 Å². The topological polar surface area (TPSA) is 73.6 Å². The maximum atomic E-state index is 12.4. The molecule has 2 saturated heterocycles. The van der Waals surface area contributed by atoms with Gasteiger partial charge in [0.1, 0.15) is 5.76 Å². The Balaban J connectivity index is 0.000000706. The third kappa shape index (κ3) is 6.07. The van der Waals surface area contributed by atoms with Crippen molar-refractivity contribution >= 4 is 18.0 Å². The van der Waals surface area contributed by atoms with Crippen molar-refractivity contribution in [2.24, 2.45) is 0 Å². The maximum absolute atomic E-state index is 12.4. The minimum atomic E-state index is -0.101. The number of hydrogen-bond donors (Lipinski definition) is 2. The van der Waals surface area contributed by atoms with Gasteiger partial charge in [0, 0.05) is 68.9 Å². The van der Waals surface area contributed by atoms with Crippen LogP contribution in [0.15, 0.2) is 23.2 Å². The summed E-state index contributed by atoms with van der Waals surface area (Å²) in [6.07, 6.45) is 5.99. The highest BCUT2D eigenvalue weighted by molar-refractivity contribution is 7.94. The number of aromatic nitrogens is 1. The Morgan fingerprint density at radius 1 is 1.36 bits per heavy atom. The van der Waals surface area contributed by atoms with E-state index in [0.29, 0.717) is 17.7 Å². The summed E-state index contributed by atoms with van der Waals surface area (Å²) in [5, 5.41) is 10.5. The highest BCUT2D eigenvalue weighted by Crippen LogP contribution is 2.40. The van der Waals surface area contributed by atoms with Crippen molar-refractivity contribution in [1.29, 1.82) is 0 Å². The SMILES string of the molecule is C=CC.CC1CC(NC(=O)c2cc(C3CC3)on2)CCN1SN1CCNCC1. The van der Waals surface area contributed by atoms with Gasteiger partial charge in [-0.25, -0.2) is 8.61 Å². The Bertz CT molecular complexity index is 642. The van der Waals surface area contributed by atoms with Crippen molar-refractivity contribution < 1.29 is 9.32 Å². The molecule has 156 valence electrons. The fraction of sp³-hybridized carbons (Fsp3) is 0.700. The number of nitrogens with one attached hydrogen (secondary N) is 2. The van der Waals surface area contributed by atoms with E-state index in [0.717, 1.165) is 64.2 Å². The summed E-state index contributed by atoms with van der Waals surface area (Å²) < 4.78 is 10.2. The van der Waals surface area contributed by atoms with Crippen LogP contribution < -0.4 is 10.6 Å². The Labute approximate surface area is 172 Å². The Morgan fingerprint density at radius 3 is 2.71 bits per heavy atom. The first-order chi connectivity index (χ1) is 13.6. The van der Waals surface area contributed by atoms with E-state index in [1.54, 1.807) is 6.08 Å². The monoisotopic (exact) mass is 407 g/mol. The van der Waals surface area contributed by atoms with Crippen LogP contribution >= 0.6 is 12.1 Å². The second-order valence-electron chi connectivity index (χ2n) is 7.74. The first-order valence-electron chi connectivity index (χ1n) is 10.4. The molecule has 2 aliphatic heterocycles. The van der Waals surface area contributed by atoms with E-state index in [1.807, 2.05) is 25.1 Å². The Morgan fingerprint density at radius 2 is 2.07 bits per heavy atom. The molecule has 3 heterocycles. The minimum Gasteiger partial charge on any atom is -0.360 e. The van der Waals surface area contributed by atoms with Crippen LogP contribution in [0.1, 0.15) is 61.7 Å². The quantitative estimate of drug-likeness (QED) is 0.574. The van der Waals surface area contributed by atoms with Gasteiger partial charge in [0.05, 0.1) is 0 Å². The number of carbonyl (C=O) groups is 1. The number of hydrogen-bond acceptors (Lipinski definition) is 7. The second-order valence-corrected chi connectivity index (χ2v) is 8.89. The first-order valence-corrected chi connectivity index (χ1v) is 11.1. The molecule has 28 heavy (non-hydrogen) atoms. The zero-order chi connectivity index (χ0) is 19.9. The predicted octanol–water partition coefficient (Wildman–Crippen LogP) is 2.80. The summed E-state index contributed by atoms with van der Waals surface area (Å²) in [5.41, 5.74) is 0.423. The van der Waals surface area contributed by atoms with Crippen LogP contribution in [0.2, 0.25) is 0 Å². The maximum Gasteiger partial charge on any atom is 0.273 e. The lowest BCUT2D eigenvalue weighted by molar-refractivity contribution is 0.0906. The van der Waals surface area contributed by atoms with Gasteiger partial charge < -0.3 is 15.2 Å². The summed E-state index contributed by atoms with van der Waals surface area (Å²) in [5.74, 6) is 1.25. The number of piperidine rings is 1. The molecule has 1 aliphatic carbocycles. The zero-order valence-electron chi connectivity index (χ0n) is 17.0. The summed E-state index contributed by atoms with van der Waals surface area (Å²) in [7, 11) is 0. The van der Waals surface area contributed by atoms with Crippen molar-refractivity contribution in [3.8, 4) is 0 Å². The molecule has 2 unspecified atom stereocenters. The van der Waals surface area contributed by atoms with Crippen LogP contribution in [0.3, 0.4) is 0 Å². The van der Waals surface area contributed by atoms with Gasteiger partial charge in [0.15, 0.2) is 5.69 Å². The van der Waals surface area contributed by atoms with Crippen LogP contribution in [0.25, 0.3) is 0 Å². The molecule has 3 aliphatic rings. The van der Waals surface area contributed by atoms with Crippen LogP contribution in [-0.2, 0) is 0 Å². The number of allylic oxidation sites excluding steroid dienone is 1. The van der Waals surface area contributed by atoms with Crippen LogP contribution in [-0.4, -0.2) is 64.5 Å². The largest absolute Gasteiger partial charge is 0.360 e. The molecule has 1 saturated carbocycles. The first kappa shape index (κ1) is 21.4. The van der Waals surface area contributed by atoms with E-state index < -0.39 is 0 Å². The van der Waals surface area contributed by atoms with Gasteiger partial charge in [0.2, 0.25) is 0 Å².